The van der Waals surface area contributed by atoms with Gasteiger partial charge in [-0.25, -0.2) is 9.36 Å². The van der Waals surface area contributed by atoms with E-state index < -0.39 is 11.7 Å². The van der Waals surface area contributed by atoms with Crippen molar-refractivity contribution in [2.24, 2.45) is 0 Å². The molecule has 0 amide bonds. The third-order valence-corrected chi connectivity index (χ3v) is 4.57. The molecule has 24 heavy (non-hydrogen) atoms. The molecule has 1 aromatic rings. The van der Waals surface area contributed by atoms with E-state index in [1.54, 1.807) is 6.92 Å². The van der Waals surface area contributed by atoms with E-state index in [4.69, 9.17) is 4.74 Å². The zero-order valence-corrected chi connectivity index (χ0v) is 14.6. The number of carbonyl (C=O) groups is 1. The molecular formula is C18H28N2O4. The molecule has 134 valence electrons. The van der Waals surface area contributed by atoms with Crippen LogP contribution in [0.15, 0.2) is 9.59 Å². The number of nitrogens with zero attached hydrogens (tertiary/aromatic N) is 1. The first-order valence-corrected chi connectivity index (χ1v) is 9.14. The normalized spacial score (nSPS) is 16.5. The van der Waals surface area contributed by atoms with Crippen molar-refractivity contribution in [2.75, 3.05) is 6.61 Å². The fourth-order valence-corrected chi connectivity index (χ4v) is 3.27. The SMILES string of the molecule is CCOC(=O)Cn1c(=O)[nH]c2c(c1=O)CCCCCCCCCC2. The number of fused-ring (bicyclic) bond motifs is 1. The summed E-state index contributed by atoms with van der Waals surface area (Å²) >= 11 is 0. The Morgan fingerprint density at radius 3 is 2.21 bits per heavy atom. The summed E-state index contributed by atoms with van der Waals surface area (Å²) in [6.07, 6.45) is 10.4. The number of aryl methyl sites for hydroxylation is 1. The minimum Gasteiger partial charge on any atom is -0.465 e. The lowest BCUT2D eigenvalue weighted by atomic mass is 9.99. The molecule has 0 unspecified atom stereocenters. The van der Waals surface area contributed by atoms with E-state index in [-0.39, 0.29) is 18.7 Å². The predicted octanol–water partition coefficient (Wildman–Crippen LogP) is 2.32. The average molecular weight is 336 g/mol. The van der Waals surface area contributed by atoms with Crippen LogP contribution in [0.5, 0.6) is 0 Å². The highest BCUT2D eigenvalue weighted by Gasteiger charge is 2.16. The Hall–Kier alpha value is -1.85. The minimum atomic E-state index is -0.557. The quantitative estimate of drug-likeness (QED) is 0.859. The molecule has 6 nitrogen and oxygen atoms in total. The molecular weight excluding hydrogens is 308 g/mol. The Morgan fingerprint density at radius 2 is 1.58 bits per heavy atom. The average Bonchev–Trinajstić information content (AvgIpc) is 2.53. The fraction of sp³-hybridized carbons (Fsp3) is 0.722. The van der Waals surface area contributed by atoms with Crippen molar-refractivity contribution in [2.45, 2.75) is 77.7 Å². The Balaban J connectivity index is 2.30. The highest BCUT2D eigenvalue weighted by atomic mass is 16.5. The summed E-state index contributed by atoms with van der Waals surface area (Å²) in [6, 6.07) is 0. The number of rotatable bonds is 3. The molecule has 0 spiro atoms. The van der Waals surface area contributed by atoms with Crippen molar-refractivity contribution in [3.63, 3.8) is 0 Å². The van der Waals surface area contributed by atoms with Gasteiger partial charge in [0.15, 0.2) is 0 Å². The predicted molar refractivity (Wildman–Crippen MR) is 92.3 cm³/mol. The maximum absolute atomic E-state index is 12.7. The molecule has 1 heterocycles. The number of esters is 1. The number of carbonyl (C=O) groups excluding carboxylic acids is 1. The number of aromatic nitrogens is 2. The summed E-state index contributed by atoms with van der Waals surface area (Å²) in [5.74, 6) is -0.557. The number of ether oxygens (including phenoxy) is 1. The zero-order chi connectivity index (χ0) is 17.4. The van der Waals surface area contributed by atoms with Crippen LogP contribution in [0.2, 0.25) is 0 Å². The smallest absolute Gasteiger partial charge is 0.329 e. The van der Waals surface area contributed by atoms with Crippen LogP contribution >= 0.6 is 0 Å². The Labute approximate surface area is 142 Å². The standard InChI is InChI=1S/C18H28N2O4/c1-2-24-16(21)13-20-17(22)14-11-9-7-5-3-4-6-8-10-12-15(14)19-18(20)23/h2-13H2,1H3,(H,19,23). The minimum absolute atomic E-state index is 0.233. The van der Waals surface area contributed by atoms with Gasteiger partial charge in [0.05, 0.1) is 6.61 Å². The molecule has 1 aromatic heterocycles. The molecule has 0 atom stereocenters. The largest absolute Gasteiger partial charge is 0.465 e. The lowest BCUT2D eigenvalue weighted by Gasteiger charge is -2.13. The molecule has 2 rings (SSSR count). The molecule has 0 bridgehead atoms. The fourth-order valence-electron chi connectivity index (χ4n) is 3.27. The summed E-state index contributed by atoms with van der Waals surface area (Å²) in [7, 11) is 0. The summed E-state index contributed by atoms with van der Waals surface area (Å²) in [5.41, 5.74) is 0.572. The van der Waals surface area contributed by atoms with Crippen LogP contribution in [0.25, 0.3) is 0 Å². The highest BCUT2D eigenvalue weighted by molar-refractivity contribution is 5.69. The van der Waals surface area contributed by atoms with Crippen molar-refractivity contribution in [1.29, 1.82) is 0 Å². The Bertz CT molecular complexity index is 660. The summed E-state index contributed by atoms with van der Waals surface area (Å²) in [5, 5.41) is 0. The second-order valence-corrected chi connectivity index (χ2v) is 6.41. The zero-order valence-electron chi connectivity index (χ0n) is 14.6. The highest BCUT2D eigenvalue weighted by Crippen LogP contribution is 2.15. The summed E-state index contributed by atoms with van der Waals surface area (Å²) in [4.78, 5) is 39.4. The lowest BCUT2D eigenvalue weighted by Crippen LogP contribution is -2.41. The van der Waals surface area contributed by atoms with E-state index in [1.807, 2.05) is 0 Å². The second kappa shape index (κ2) is 9.45. The maximum Gasteiger partial charge on any atom is 0.329 e. The van der Waals surface area contributed by atoms with E-state index in [0.29, 0.717) is 12.0 Å². The van der Waals surface area contributed by atoms with Crippen LogP contribution in [0.3, 0.4) is 0 Å². The molecule has 1 N–H and O–H groups in total. The van der Waals surface area contributed by atoms with Gasteiger partial charge in [0.1, 0.15) is 6.54 Å². The molecule has 1 aliphatic carbocycles. The number of H-pyrrole nitrogens is 1. The van der Waals surface area contributed by atoms with Crippen LogP contribution < -0.4 is 11.2 Å². The first-order valence-electron chi connectivity index (χ1n) is 9.14. The summed E-state index contributed by atoms with van der Waals surface area (Å²) in [6.45, 7) is 1.61. The first kappa shape index (κ1) is 18.5. The third kappa shape index (κ3) is 5.08. The lowest BCUT2D eigenvalue weighted by molar-refractivity contribution is -0.143. The Kier molecular flexibility index (Phi) is 7.28. The van der Waals surface area contributed by atoms with Crippen molar-refractivity contribution < 1.29 is 9.53 Å². The van der Waals surface area contributed by atoms with Crippen LogP contribution in [0.4, 0.5) is 0 Å². The first-order chi connectivity index (χ1) is 11.6. The van der Waals surface area contributed by atoms with Gasteiger partial charge in [-0.1, -0.05) is 38.5 Å². The molecule has 0 radical (unpaired) electrons. The number of nitrogens with one attached hydrogen (secondary N) is 1. The van der Waals surface area contributed by atoms with Gasteiger partial charge >= 0.3 is 11.7 Å². The van der Waals surface area contributed by atoms with E-state index >= 15 is 0 Å². The maximum atomic E-state index is 12.7. The van der Waals surface area contributed by atoms with Crippen molar-refractivity contribution in [1.82, 2.24) is 9.55 Å². The second-order valence-electron chi connectivity index (χ2n) is 6.41. The molecule has 0 fully saturated rings. The molecule has 6 heteroatoms. The van der Waals surface area contributed by atoms with Crippen molar-refractivity contribution in [3.8, 4) is 0 Å². The van der Waals surface area contributed by atoms with Gasteiger partial charge in [0, 0.05) is 11.3 Å². The molecule has 0 saturated heterocycles. The van der Waals surface area contributed by atoms with Crippen molar-refractivity contribution >= 4 is 5.97 Å². The van der Waals surface area contributed by atoms with Gasteiger partial charge in [-0.3, -0.25) is 9.59 Å². The van der Waals surface area contributed by atoms with E-state index in [0.717, 1.165) is 42.4 Å². The van der Waals surface area contributed by atoms with Gasteiger partial charge in [-0.15, -0.1) is 0 Å². The summed E-state index contributed by atoms with van der Waals surface area (Å²) < 4.78 is 5.83. The number of hydrogen-bond donors (Lipinski definition) is 1. The molecule has 0 aromatic carbocycles. The van der Waals surface area contributed by atoms with Crippen LogP contribution in [-0.2, 0) is 28.9 Å². The van der Waals surface area contributed by atoms with Crippen LogP contribution in [-0.4, -0.2) is 22.1 Å². The molecule has 1 aliphatic rings. The van der Waals surface area contributed by atoms with E-state index in [9.17, 15) is 14.4 Å². The van der Waals surface area contributed by atoms with Crippen LogP contribution in [0.1, 0.15) is 69.5 Å². The topological polar surface area (TPSA) is 81.2 Å². The van der Waals surface area contributed by atoms with Gasteiger partial charge in [0.25, 0.3) is 5.56 Å². The van der Waals surface area contributed by atoms with Gasteiger partial charge in [-0.2, -0.15) is 0 Å². The number of aromatic amines is 1. The van der Waals surface area contributed by atoms with Crippen molar-refractivity contribution in [3.05, 3.63) is 32.1 Å². The molecule has 0 aliphatic heterocycles. The Morgan fingerprint density at radius 1 is 1.00 bits per heavy atom. The van der Waals surface area contributed by atoms with Gasteiger partial charge < -0.3 is 9.72 Å². The monoisotopic (exact) mass is 336 g/mol. The number of hydrogen-bond acceptors (Lipinski definition) is 4. The van der Waals surface area contributed by atoms with Gasteiger partial charge in [-0.05, 0) is 32.6 Å². The molecule has 0 saturated carbocycles. The van der Waals surface area contributed by atoms with E-state index in [2.05, 4.69) is 4.98 Å². The van der Waals surface area contributed by atoms with Crippen LogP contribution in [0, 0.1) is 0 Å². The third-order valence-electron chi connectivity index (χ3n) is 4.57. The van der Waals surface area contributed by atoms with E-state index in [1.165, 1.54) is 25.7 Å². The van der Waals surface area contributed by atoms with Gasteiger partial charge in [0.2, 0.25) is 0 Å².